The van der Waals surface area contributed by atoms with E-state index in [1.54, 1.807) is 12.1 Å². The van der Waals surface area contributed by atoms with Crippen molar-refractivity contribution in [2.24, 2.45) is 0 Å². The number of aliphatic carboxylic acids is 1. The number of Topliss-reactive ketones (excluding diaryl/α,β-unsaturated/α-hetero) is 2. The van der Waals surface area contributed by atoms with Gasteiger partial charge in [-0.25, -0.2) is 4.79 Å². The summed E-state index contributed by atoms with van der Waals surface area (Å²) in [4.78, 5) is 51.6. The van der Waals surface area contributed by atoms with Crippen molar-refractivity contribution in [2.45, 2.75) is 57.5 Å². The highest BCUT2D eigenvalue weighted by molar-refractivity contribution is 9.10. The molecule has 0 aromatic heterocycles. The number of carbonyl (C=O) groups excluding carboxylic acids is 2. The molecule has 39 heavy (non-hydrogen) atoms. The molecule has 1 aliphatic heterocycles. The Morgan fingerprint density at radius 1 is 0.897 bits per heavy atom. The number of carboxylic acid groups (broad SMARTS) is 2. The fourth-order valence-corrected chi connectivity index (χ4v) is 6.16. The number of carbonyl (C=O) groups is 4. The molecule has 0 fully saturated rings. The van der Waals surface area contributed by atoms with E-state index in [2.05, 4.69) is 15.9 Å². The molecule has 1 heterocycles. The number of halogens is 1. The van der Waals surface area contributed by atoms with Gasteiger partial charge in [-0.1, -0.05) is 28.1 Å². The highest BCUT2D eigenvalue weighted by Crippen LogP contribution is 2.51. The number of aromatic carboxylic acids is 1. The zero-order valence-electron chi connectivity index (χ0n) is 21.2. The number of carboxylic acids is 2. The predicted molar refractivity (Wildman–Crippen MR) is 145 cm³/mol. The Hall–Kier alpha value is -3.72. The quantitative estimate of drug-likeness (QED) is 0.405. The number of benzene rings is 2. The van der Waals surface area contributed by atoms with Crippen LogP contribution in [0.5, 0.6) is 5.75 Å². The largest absolute Gasteiger partial charge is 0.489 e. The number of nitrogens with zero attached hydrogens (tertiary/aromatic N) is 1. The third-order valence-electron chi connectivity index (χ3n) is 7.51. The first-order chi connectivity index (χ1) is 18.7. The summed E-state index contributed by atoms with van der Waals surface area (Å²) in [6, 6.07) is 12.0. The zero-order chi connectivity index (χ0) is 27.7. The molecule has 0 atom stereocenters. The molecule has 9 heteroatoms. The Morgan fingerprint density at radius 2 is 1.51 bits per heavy atom. The first-order valence-corrected chi connectivity index (χ1v) is 13.8. The summed E-state index contributed by atoms with van der Waals surface area (Å²) in [5.41, 5.74) is 4.43. The summed E-state index contributed by atoms with van der Waals surface area (Å²) in [6.45, 7) is 0.389. The van der Waals surface area contributed by atoms with Crippen molar-refractivity contribution >= 4 is 39.4 Å². The molecule has 2 aromatic rings. The third kappa shape index (κ3) is 5.41. The van der Waals surface area contributed by atoms with E-state index in [4.69, 9.17) is 4.74 Å². The van der Waals surface area contributed by atoms with Crippen LogP contribution in [-0.2, 0) is 21.0 Å². The van der Waals surface area contributed by atoms with Crippen LogP contribution in [0.3, 0.4) is 0 Å². The molecule has 5 rings (SSSR count). The molecule has 2 aromatic carbocycles. The monoisotopic (exact) mass is 593 g/mol. The van der Waals surface area contributed by atoms with Crippen molar-refractivity contribution in [3.63, 3.8) is 0 Å². The van der Waals surface area contributed by atoms with Gasteiger partial charge in [0.1, 0.15) is 12.4 Å². The van der Waals surface area contributed by atoms with E-state index >= 15 is 0 Å². The average molecular weight is 594 g/mol. The van der Waals surface area contributed by atoms with Crippen LogP contribution in [-0.4, -0.2) is 45.2 Å². The van der Waals surface area contributed by atoms with Crippen molar-refractivity contribution in [3.05, 3.63) is 86.2 Å². The van der Waals surface area contributed by atoms with Gasteiger partial charge >= 0.3 is 11.9 Å². The summed E-state index contributed by atoms with van der Waals surface area (Å²) >= 11 is 3.55. The Bertz CT molecular complexity index is 1380. The lowest BCUT2D eigenvalue weighted by atomic mass is 9.70. The highest BCUT2D eigenvalue weighted by atomic mass is 79.9. The van der Waals surface area contributed by atoms with Gasteiger partial charge < -0.3 is 19.8 Å². The molecule has 202 valence electrons. The maximum atomic E-state index is 13.5. The molecule has 0 radical (unpaired) electrons. The van der Waals surface area contributed by atoms with Crippen molar-refractivity contribution in [2.75, 3.05) is 6.54 Å². The number of allylic oxidation sites excluding steroid dienone is 4. The minimum absolute atomic E-state index is 0.0262. The van der Waals surface area contributed by atoms with E-state index in [1.807, 2.05) is 23.1 Å². The van der Waals surface area contributed by atoms with E-state index in [0.717, 1.165) is 21.4 Å². The number of rotatable bonds is 8. The van der Waals surface area contributed by atoms with Crippen molar-refractivity contribution < 1.29 is 34.1 Å². The third-order valence-corrected chi connectivity index (χ3v) is 8.01. The normalized spacial score (nSPS) is 17.7. The lowest BCUT2D eigenvalue weighted by Gasteiger charge is -2.44. The predicted octanol–water partition coefficient (Wildman–Crippen LogP) is 5.61. The van der Waals surface area contributed by atoms with Crippen LogP contribution in [0, 0.1) is 0 Å². The second-order valence-corrected chi connectivity index (χ2v) is 10.9. The van der Waals surface area contributed by atoms with E-state index in [0.29, 0.717) is 61.0 Å². The topological polar surface area (TPSA) is 121 Å². The van der Waals surface area contributed by atoms with Gasteiger partial charge in [0.05, 0.1) is 12.0 Å². The molecule has 8 nitrogen and oxygen atoms in total. The van der Waals surface area contributed by atoms with Crippen molar-refractivity contribution in [1.29, 1.82) is 0 Å². The molecule has 0 bridgehead atoms. The number of hydrogen-bond acceptors (Lipinski definition) is 6. The molecule has 0 unspecified atom stereocenters. The van der Waals surface area contributed by atoms with Gasteiger partial charge in [0, 0.05) is 57.9 Å². The Balaban J connectivity index is 1.59. The Labute approximate surface area is 234 Å². The van der Waals surface area contributed by atoms with E-state index < -0.39 is 17.9 Å². The lowest BCUT2D eigenvalue weighted by Crippen LogP contribution is -2.40. The van der Waals surface area contributed by atoms with Crippen LogP contribution in [0.2, 0.25) is 0 Å². The average Bonchev–Trinajstić information content (AvgIpc) is 2.91. The lowest BCUT2D eigenvalue weighted by molar-refractivity contribution is -0.137. The maximum absolute atomic E-state index is 13.5. The van der Waals surface area contributed by atoms with E-state index in [1.165, 1.54) is 12.1 Å². The molecule has 2 aliphatic carbocycles. The summed E-state index contributed by atoms with van der Waals surface area (Å²) in [7, 11) is 0. The van der Waals surface area contributed by atoms with Crippen LogP contribution in [0.15, 0.2) is 69.5 Å². The summed E-state index contributed by atoms with van der Waals surface area (Å²) in [5.74, 6) is -2.05. The van der Waals surface area contributed by atoms with E-state index in [-0.39, 0.29) is 36.7 Å². The standard InChI is InChI=1S/C30H28BrNO7/c31-19-11-12-25(39-16-17-7-9-18(10-8-17)30(37)38)20(15-19)27-28-21(3-1-5-23(28)33)32(14-13-26(35)36)22-4-2-6-24(34)29(22)27/h7-12,15,27H,1-6,13-14,16H2,(H,35,36)(H,37,38). The Morgan fingerprint density at radius 3 is 2.08 bits per heavy atom. The smallest absolute Gasteiger partial charge is 0.335 e. The summed E-state index contributed by atoms with van der Waals surface area (Å²) in [5, 5.41) is 18.6. The van der Waals surface area contributed by atoms with Gasteiger partial charge in [-0.3, -0.25) is 14.4 Å². The second-order valence-electron chi connectivity index (χ2n) is 9.98. The van der Waals surface area contributed by atoms with Crippen LogP contribution in [0.4, 0.5) is 0 Å². The molecule has 0 saturated heterocycles. The minimum atomic E-state index is -1.00. The van der Waals surface area contributed by atoms with Crippen LogP contribution >= 0.6 is 15.9 Å². The number of ketones is 2. The highest BCUT2D eigenvalue weighted by Gasteiger charge is 2.44. The molecular weight excluding hydrogens is 566 g/mol. The minimum Gasteiger partial charge on any atom is -0.489 e. The first kappa shape index (κ1) is 26.9. The molecule has 2 N–H and O–H groups in total. The van der Waals surface area contributed by atoms with Gasteiger partial charge in [0.25, 0.3) is 0 Å². The van der Waals surface area contributed by atoms with Crippen molar-refractivity contribution in [1.82, 2.24) is 4.90 Å². The maximum Gasteiger partial charge on any atom is 0.335 e. The van der Waals surface area contributed by atoms with Crippen molar-refractivity contribution in [3.8, 4) is 5.75 Å². The van der Waals surface area contributed by atoms with Gasteiger partial charge in [0.2, 0.25) is 0 Å². The molecule has 0 amide bonds. The van der Waals surface area contributed by atoms with Gasteiger partial charge in [0.15, 0.2) is 11.6 Å². The van der Waals surface area contributed by atoms with Gasteiger partial charge in [-0.05, 0) is 61.6 Å². The SMILES string of the molecule is O=C(O)CCN1C2=C(C(=O)CCC2)C(c2cc(Br)ccc2OCc2ccc(C(=O)O)cc2)C2=C1CCCC2=O. The first-order valence-electron chi connectivity index (χ1n) is 13.0. The summed E-state index contributed by atoms with van der Waals surface area (Å²) in [6.07, 6.45) is 3.30. The van der Waals surface area contributed by atoms with Gasteiger partial charge in [-0.15, -0.1) is 0 Å². The van der Waals surface area contributed by atoms with Crippen LogP contribution in [0.25, 0.3) is 0 Å². The fourth-order valence-electron chi connectivity index (χ4n) is 5.79. The van der Waals surface area contributed by atoms with Crippen LogP contribution < -0.4 is 4.74 Å². The van der Waals surface area contributed by atoms with Crippen LogP contribution in [0.1, 0.15) is 72.3 Å². The zero-order valence-corrected chi connectivity index (χ0v) is 22.8. The molecular formula is C30H28BrNO7. The molecule has 0 spiro atoms. The number of ether oxygens (including phenoxy) is 1. The summed E-state index contributed by atoms with van der Waals surface area (Å²) < 4.78 is 7.02. The molecule has 0 saturated carbocycles. The Kier molecular flexibility index (Phi) is 7.70. The number of hydrogen-bond donors (Lipinski definition) is 2. The second kappa shape index (κ2) is 11.2. The van der Waals surface area contributed by atoms with E-state index in [9.17, 15) is 29.4 Å². The fraction of sp³-hybridized carbons (Fsp3) is 0.333. The van der Waals surface area contributed by atoms with Gasteiger partial charge in [-0.2, -0.15) is 0 Å². The molecule has 3 aliphatic rings.